The molecule has 0 saturated carbocycles. The van der Waals surface area contributed by atoms with E-state index >= 15 is 4.39 Å². The Morgan fingerprint density at radius 2 is 1.53 bits per heavy atom. The third-order valence-electron chi connectivity index (χ3n) is 6.09. The minimum atomic E-state index is -1.38. The number of nitrogens with zero attached hydrogens (tertiary/aromatic N) is 4. The number of carbonyl (C=O) groups is 2. The molecule has 1 N–H and O–H groups in total. The van der Waals surface area contributed by atoms with Crippen LogP contribution in [0.4, 0.5) is 14.5 Å². The predicted octanol–water partition coefficient (Wildman–Crippen LogP) is 4.80. The van der Waals surface area contributed by atoms with E-state index in [2.05, 4.69) is 15.6 Å². The highest BCUT2D eigenvalue weighted by atomic mass is 19.1. The fourth-order valence-corrected chi connectivity index (χ4v) is 4.25. The molecule has 1 atom stereocenters. The summed E-state index contributed by atoms with van der Waals surface area (Å²) in [6.07, 6.45) is 0. The minimum Gasteiger partial charge on any atom is -0.350 e. The standard InChI is InChI=1S/C29H23F2N5O2/c30-21-14-16-22(17-15-21)36(27(37)19-35-26-13-7-6-12-25(26)33-34-35)28(23-10-4-5-11-24(23)31)29(38)32-18-20-8-2-1-3-9-20/h1-17,28H,18-19H2,(H,32,38). The van der Waals surface area contributed by atoms with Crippen molar-refractivity contribution in [1.82, 2.24) is 20.3 Å². The number of halogens is 2. The van der Waals surface area contributed by atoms with Crippen molar-refractivity contribution in [2.45, 2.75) is 19.1 Å². The van der Waals surface area contributed by atoms with Crippen LogP contribution in [0.3, 0.4) is 0 Å². The molecule has 4 aromatic carbocycles. The topological polar surface area (TPSA) is 80.1 Å². The molecule has 38 heavy (non-hydrogen) atoms. The van der Waals surface area contributed by atoms with Crippen LogP contribution in [0.25, 0.3) is 11.0 Å². The molecule has 1 heterocycles. The van der Waals surface area contributed by atoms with E-state index in [9.17, 15) is 14.0 Å². The van der Waals surface area contributed by atoms with E-state index in [1.165, 1.54) is 52.0 Å². The summed E-state index contributed by atoms with van der Waals surface area (Å²) in [5.74, 6) is -2.33. The lowest BCUT2D eigenvalue weighted by Crippen LogP contribution is -2.45. The van der Waals surface area contributed by atoms with Crippen LogP contribution in [0.15, 0.2) is 103 Å². The number of anilines is 1. The van der Waals surface area contributed by atoms with Crippen LogP contribution >= 0.6 is 0 Å². The van der Waals surface area contributed by atoms with Crippen molar-refractivity contribution >= 4 is 28.5 Å². The molecule has 5 aromatic rings. The second-order valence-electron chi connectivity index (χ2n) is 8.60. The van der Waals surface area contributed by atoms with E-state index < -0.39 is 29.5 Å². The molecule has 0 fully saturated rings. The van der Waals surface area contributed by atoms with E-state index in [-0.39, 0.29) is 24.3 Å². The number of benzene rings is 4. The number of amides is 2. The summed E-state index contributed by atoms with van der Waals surface area (Å²) in [4.78, 5) is 28.8. The molecule has 0 aliphatic carbocycles. The average Bonchev–Trinajstić information content (AvgIpc) is 3.35. The molecule has 2 amide bonds. The van der Waals surface area contributed by atoms with Gasteiger partial charge in [0.15, 0.2) is 0 Å². The van der Waals surface area contributed by atoms with Crippen LogP contribution in [-0.2, 0) is 22.7 Å². The lowest BCUT2D eigenvalue weighted by atomic mass is 10.0. The first kappa shape index (κ1) is 24.8. The van der Waals surface area contributed by atoms with E-state index in [1.54, 1.807) is 30.3 Å². The van der Waals surface area contributed by atoms with Crippen molar-refractivity contribution < 1.29 is 18.4 Å². The van der Waals surface area contributed by atoms with Crippen LogP contribution < -0.4 is 10.2 Å². The van der Waals surface area contributed by atoms with E-state index in [0.29, 0.717) is 11.0 Å². The molecule has 0 spiro atoms. The molecule has 1 unspecified atom stereocenters. The summed E-state index contributed by atoms with van der Waals surface area (Å²) in [6.45, 7) is -0.113. The molecule has 0 radical (unpaired) electrons. The summed E-state index contributed by atoms with van der Waals surface area (Å²) < 4.78 is 30.4. The zero-order valence-corrected chi connectivity index (χ0v) is 20.2. The van der Waals surface area contributed by atoms with Gasteiger partial charge in [0.25, 0.3) is 0 Å². The fraction of sp³-hybridized carbons (Fsp3) is 0.103. The van der Waals surface area contributed by atoms with E-state index in [4.69, 9.17) is 0 Å². The molecule has 5 rings (SSSR count). The Labute approximate surface area is 217 Å². The maximum Gasteiger partial charge on any atom is 0.249 e. The predicted molar refractivity (Wildman–Crippen MR) is 139 cm³/mol. The number of aromatic nitrogens is 3. The highest BCUT2D eigenvalue weighted by Gasteiger charge is 2.35. The summed E-state index contributed by atoms with van der Waals surface area (Å²) >= 11 is 0. The Morgan fingerprint density at radius 1 is 0.842 bits per heavy atom. The van der Waals surface area contributed by atoms with Gasteiger partial charge in [0.2, 0.25) is 11.8 Å². The molecule has 7 nitrogen and oxygen atoms in total. The molecule has 0 saturated heterocycles. The quantitative estimate of drug-likeness (QED) is 0.325. The molecule has 0 bridgehead atoms. The first-order chi connectivity index (χ1) is 18.5. The van der Waals surface area contributed by atoms with Gasteiger partial charge >= 0.3 is 0 Å². The van der Waals surface area contributed by atoms with Gasteiger partial charge < -0.3 is 5.32 Å². The van der Waals surface area contributed by atoms with Crippen molar-refractivity contribution in [1.29, 1.82) is 0 Å². The fourth-order valence-electron chi connectivity index (χ4n) is 4.25. The number of hydrogen-bond donors (Lipinski definition) is 1. The lowest BCUT2D eigenvalue weighted by Gasteiger charge is -2.31. The van der Waals surface area contributed by atoms with Gasteiger partial charge in [-0.2, -0.15) is 0 Å². The maximum absolute atomic E-state index is 15.1. The van der Waals surface area contributed by atoms with Crippen molar-refractivity contribution in [2.24, 2.45) is 0 Å². The molecule has 0 aliphatic rings. The SMILES string of the molecule is O=C(NCc1ccccc1)C(c1ccccc1F)N(C(=O)Cn1nnc2ccccc21)c1ccc(F)cc1. The smallest absolute Gasteiger partial charge is 0.249 e. The van der Waals surface area contributed by atoms with Gasteiger partial charge in [-0.05, 0) is 48.0 Å². The number of para-hydroxylation sites is 1. The highest BCUT2D eigenvalue weighted by molar-refractivity contribution is 6.01. The van der Waals surface area contributed by atoms with Gasteiger partial charge in [-0.3, -0.25) is 14.5 Å². The first-order valence-corrected chi connectivity index (χ1v) is 11.9. The minimum absolute atomic E-state index is 0.000755. The monoisotopic (exact) mass is 511 g/mol. The molecule has 9 heteroatoms. The second-order valence-corrected chi connectivity index (χ2v) is 8.60. The van der Waals surface area contributed by atoms with Crippen molar-refractivity contribution in [3.8, 4) is 0 Å². The van der Waals surface area contributed by atoms with Crippen LogP contribution in [0.5, 0.6) is 0 Å². The Balaban J connectivity index is 1.56. The van der Waals surface area contributed by atoms with E-state index in [0.717, 1.165) is 5.56 Å². The van der Waals surface area contributed by atoms with Gasteiger partial charge in [0.1, 0.15) is 29.7 Å². The van der Waals surface area contributed by atoms with Gasteiger partial charge in [0, 0.05) is 17.8 Å². The first-order valence-electron chi connectivity index (χ1n) is 11.9. The molecule has 190 valence electrons. The molecule has 0 aliphatic heterocycles. The Bertz CT molecular complexity index is 1570. The van der Waals surface area contributed by atoms with Crippen molar-refractivity contribution in [3.05, 3.63) is 126 Å². The lowest BCUT2D eigenvalue weighted by molar-refractivity contribution is -0.127. The van der Waals surface area contributed by atoms with Crippen LogP contribution in [0.1, 0.15) is 17.2 Å². The third-order valence-corrected chi connectivity index (χ3v) is 6.09. The molecule has 1 aromatic heterocycles. The highest BCUT2D eigenvalue weighted by Crippen LogP contribution is 2.30. The Hall–Kier alpha value is -4.92. The van der Waals surface area contributed by atoms with Crippen LogP contribution in [0.2, 0.25) is 0 Å². The second kappa shape index (κ2) is 11.0. The van der Waals surface area contributed by atoms with Crippen molar-refractivity contribution in [3.63, 3.8) is 0 Å². The summed E-state index contributed by atoms with van der Waals surface area (Å²) in [5, 5.41) is 11.0. The van der Waals surface area contributed by atoms with Crippen LogP contribution in [0, 0.1) is 11.6 Å². The summed E-state index contributed by atoms with van der Waals surface area (Å²) in [7, 11) is 0. The van der Waals surface area contributed by atoms with Gasteiger partial charge in [0.05, 0.1) is 5.52 Å². The van der Waals surface area contributed by atoms with Gasteiger partial charge in [-0.15, -0.1) is 5.10 Å². The largest absolute Gasteiger partial charge is 0.350 e. The van der Waals surface area contributed by atoms with Crippen LogP contribution in [-0.4, -0.2) is 26.8 Å². The number of carbonyl (C=O) groups excluding carboxylic acids is 2. The Morgan fingerprint density at radius 3 is 2.29 bits per heavy atom. The normalized spacial score (nSPS) is 11.7. The number of nitrogens with one attached hydrogen (secondary N) is 1. The average molecular weight is 512 g/mol. The number of hydrogen-bond acceptors (Lipinski definition) is 4. The zero-order chi connectivity index (χ0) is 26.5. The third kappa shape index (κ3) is 5.27. The zero-order valence-electron chi connectivity index (χ0n) is 20.2. The van der Waals surface area contributed by atoms with Crippen molar-refractivity contribution in [2.75, 3.05) is 4.90 Å². The number of rotatable bonds is 8. The summed E-state index contributed by atoms with van der Waals surface area (Å²) in [6, 6.07) is 25.9. The molecular formula is C29H23F2N5O2. The van der Waals surface area contributed by atoms with Gasteiger partial charge in [-0.25, -0.2) is 13.5 Å². The van der Waals surface area contributed by atoms with Gasteiger partial charge in [-0.1, -0.05) is 65.9 Å². The number of fused-ring (bicyclic) bond motifs is 1. The molecular weight excluding hydrogens is 488 g/mol. The Kier molecular flexibility index (Phi) is 7.17. The summed E-state index contributed by atoms with van der Waals surface area (Å²) in [5.41, 5.74) is 2.28. The maximum atomic E-state index is 15.1. The van der Waals surface area contributed by atoms with E-state index in [1.807, 2.05) is 30.3 Å².